The van der Waals surface area contributed by atoms with E-state index in [0.29, 0.717) is 10.8 Å². The molecule has 0 bridgehead atoms. The molecule has 0 heterocycles. The zero-order valence-electron chi connectivity index (χ0n) is 9.84. The highest BCUT2D eigenvalue weighted by atomic mass is 35.5. The molecule has 0 saturated carbocycles. The molecule has 0 atom stereocenters. The lowest BCUT2D eigenvalue weighted by molar-refractivity contribution is 0.344. The molecule has 0 amide bonds. The molecule has 0 saturated heterocycles. The average Bonchev–Trinajstić information content (AvgIpc) is 2.42. The van der Waals surface area contributed by atoms with Gasteiger partial charge >= 0.3 is 0 Å². The van der Waals surface area contributed by atoms with Crippen LogP contribution in [-0.2, 0) is 0 Å². The van der Waals surface area contributed by atoms with E-state index in [0.717, 1.165) is 11.3 Å². The first-order chi connectivity index (χ1) is 8.78. The minimum atomic E-state index is 0.643. The molecule has 0 fully saturated rings. The second-order valence-corrected chi connectivity index (χ2v) is 3.99. The summed E-state index contributed by atoms with van der Waals surface area (Å²) in [4.78, 5) is 5.20. The van der Waals surface area contributed by atoms with Crippen LogP contribution < -0.4 is 9.57 Å². The predicted molar refractivity (Wildman–Crippen MR) is 72.7 cm³/mol. The topological polar surface area (TPSA) is 30.8 Å². The molecule has 2 aromatic carbocycles. The lowest BCUT2D eigenvalue weighted by atomic mass is 10.2. The molecular formula is C14H12ClNO2. The van der Waals surface area contributed by atoms with Crippen LogP contribution in [0.4, 0.5) is 0 Å². The minimum absolute atomic E-state index is 0.643. The van der Waals surface area contributed by atoms with Crippen molar-refractivity contribution in [1.82, 2.24) is 0 Å². The van der Waals surface area contributed by atoms with Crippen molar-refractivity contribution in [3.8, 4) is 11.5 Å². The molecule has 0 aliphatic rings. The van der Waals surface area contributed by atoms with Crippen LogP contribution >= 0.6 is 11.6 Å². The van der Waals surface area contributed by atoms with E-state index in [1.165, 1.54) is 0 Å². The van der Waals surface area contributed by atoms with Crippen LogP contribution in [0.5, 0.6) is 11.5 Å². The second-order valence-electron chi connectivity index (χ2n) is 3.55. The fraction of sp³-hybridized carbons (Fsp3) is 0.0714. The summed E-state index contributed by atoms with van der Waals surface area (Å²) in [6, 6.07) is 14.5. The van der Waals surface area contributed by atoms with Crippen LogP contribution in [0.3, 0.4) is 0 Å². The van der Waals surface area contributed by atoms with Gasteiger partial charge in [-0.1, -0.05) is 16.8 Å². The summed E-state index contributed by atoms with van der Waals surface area (Å²) in [5.41, 5.74) is 0.935. The first-order valence-electron chi connectivity index (χ1n) is 5.38. The SMILES string of the molecule is COc1ccc(/C=N/Oc2ccc(Cl)cc2)cc1. The zero-order chi connectivity index (χ0) is 12.8. The number of hydrogen-bond donors (Lipinski definition) is 0. The van der Waals surface area contributed by atoms with Crippen molar-refractivity contribution in [3.63, 3.8) is 0 Å². The molecule has 0 aromatic heterocycles. The third-order valence-corrected chi connectivity index (χ3v) is 2.54. The van der Waals surface area contributed by atoms with Crippen molar-refractivity contribution in [2.75, 3.05) is 7.11 Å². The lowest BCUT2D eigenvalue weighted by Crippen LogP contribution is -1.87. The van der Waals surface area contributed by atoms with E-state index in [1.807, 2.05) is 24.3 Å². The average molecular weight is 262 g/mol. The van der Waals surface area contributed by atoms with E-state index in [-0.39, 0.29) is 0 Å². The summed E-state index contributed by atoms with van der Waals surface area (Å²) in [6.07, 6.45) is 1.63. The summed E-state index contributed by atoms with van der Waals surface area (Å²) in [7, 11) is 1.63. The molecule has 2 rings (SSSR count). The highest BCUT2D eigenvalue weighted by Gasteiger charge is 1.93. The standard InChI is InChI=1S/C14H12ClNO2/c1-17-13-6-2-11(3-7-13)10-16-18-14-8-4-12(15)5-9-14/h2-10H,1H3/b16-10+. The monoisotopic (exact) mass is 261 g/mol. The van der Waals surface area contributed by atoms with E-state index >= 15 is 0 Å². The van der Waals surface area contributed by atoms with Crippen LogP contribution in [0.25, 0.3) is 0 Å². The van der Waals surface area contributed by atoms with Gasteiger partial charge in [-0.15, -0.1) is 0 Å². The lowest BCUT2D eigenvalue weighted by Gasteiger charge is -1.99. The highest BCUT2D eigenvalue weighted by molar-refractivity contribution is 6.30. The summed E-state index contributed by atoms with van der Waals surface area (Å²) in [5.74, 6) is 1.45. The Kier molecular flexibility index (Phi) is 4.20. The van der Waals surface area contributed by atoms with Gasteiger partial charge in [0.1, 0.15) is 5.75 Å². The van der Waals surface area contributed by atoms with Crippen molar-refractivity contribution in [2.45, 2.75) is 0 Å². The maximum absolute atomic E-state index is 5.76. The minimum Gasteiger partial charge on any atom is -0.497 e. The maximum Gasteiger partial charge on any atom is 0.158 e. The van der Waals surface area contributed by atoms with E-state index in [4.69, 9.17) is 21.2 Å². The van der Waals surface area contributed by atoms with Crippen molar-refractivity contribution in [2.24, 2.45) is 5.16 Å². The number of methoxy groups -OCH3 is 1. The Bertz CT molecular complexity index is 520. The fourth-order valence-corrected chi connectivity index (χ4v) is 1.46. The number of ether oxygens (including phenoxy) is 1. The predicted octanol–water partition coefficient (Wildman–Crippen LogP) is 3.76. The molecule has 18 heavy (non-hydrogen) atoms. The number of rotatable bonds is 4. The van der Waals surface area contributed by atoms with Gasteiger partial charge in [-0.3, -0.25) is 0 Å². The third kappa shape index (κ3) is 3.50. The molecule has 0 N–H and O–H groups in total. The van der Waals surface area contributed by atoms with Crippen molar-refractivity contribution >= 4 is 17.8 Å². The third-order valence-electron chi connectivity index (χ3n) is 2.29. The van der Waals surface area contributed by atoms with E-state index < -0.39 is 0 Å². The van der Waals surface area contributed by atoms with Crippen molar-refractivity contribution < 1.29 is 9.57 Å². The Balaban J connectivity index is 1.96. The Morgan fingerprint density at radius 1 is 0.944 bits per heavy atom. The number of benzene rings is 2. The maximum atomic E-state index is 5.76. The van der Waals surface area contributed by atoms with Crippen LogP contribution in [0.2, 0.25) is 5.02 Å². The van der Waals surface area contributed by atoms with Crippen LogP contribution in [0, 0.1) is 0 Å². The highest BCUT2D eigenvalue weighted by Crippen LogP contribution is 2.15. The van der Waals surface area contributed by atoms with E-state index in [1.54, 1.807) is 37.6 Å². The molecule has 3 nitrogen and oxygen atoms in total. The Labute approximate surface area is 111 Å². The molecule has 92 valence electrons. The fourth-order valence-electron chi connectivity index (χ4n) is 1.33. The molecule has 0 aliphatic heterocycles. The molecule has 0 aliphatic carbocycles. The van der Waals surface area contributed by atoms with Crippen LogP contribution in [-0.4, -0.2) is 13.3 Å². The Morgan fingerprint density at radius 2 is 1.56 bits per heavy atom. The van der Waals surface area contributed by atoms with Gasteiger partial charge in [-0.05, 0) is 54.1 Å². The molecule has 0 spiro atoms. The normalized spacial score (nSPS) is 10.6. The molecule has 0 unspecified atom stereocenters. The summed E-state index contributed by atoms with van der Waals surface area (Å²) in [6.45, 7) is 0. The number of halogens is 1. The van der Waals surface area contributed by atoms with Gasteiger partial charge in [0, 0.05) is 5.02 Å². The summed E-state index contributed by atoms with van der Waals surface area (Å²) in [5, 5.41) is 4.56. The van der Waals surface area contributed by atoms with E-state index in [9.17, 15) is 0 Å². The molecule has 4 heteroatoms. The van der Waals surface area contributed by atoms with Crippen molar-refractivity contribution in [1.29, 1.82) is 0 Å². The van der Waals surface area contributed by atoms with E-state index in [2.05, 4.69) is 5.16 Å². The van der Waals surface area contributed by atoms with Gasteiger partial charge in [0.2, 0.25) is 0 Å². The van der Waals surface area contributed by atoms with Gasteiger partial charge < -0.3 is 9.57 Å². The zero-order valence-corrected chi connectivity index (χ0v) is 10.6. The first kappa shape index (κ1) is 12.5. The van der Waals surface area contributed by atoms with Crippen LogP contribution in [0.15, 0.2) is 53.7 Å². The number of nitrogens with zero attached hydrogens (tertiary/aromatic N) is 1. The smallest absolute Gasteiger partial charge is 0.158 e. The summed E-state index contributed by atoms with van der Waals surface area (Å²) < 4.78 is 5.07. The Morgan fingerprint density at radius 3 is 2.17 bits per heavy atom. The van der Waals surface area contributed by atoms with Gasteiger partial charge in [0.15, 0.2) is 5.75 Å². The quantitative estimate of drug-likeness (QED) is 0.620. The van der Waals surface area contributed by atoms with Gasteiger partial charge in [0.25, 0.3) is 0 Å². The molecule has 2 aromatic rings. The van der Waals surface area contributed by atoms with Gasteiger partial charge in [-0.2, -0.15) is 0 Å². The van der Waals surface area contributed by atoms with Gasteiger partial charge in [-0.25, -0.2) is 0 Å². The summed E-state index contributed by atoms with van der Waals surface area (Å²) >= 11 is 5.76. The number of hydrogen-bond acceptors (Lipinski definition) is 3. The first-order valence-corrected chi connectivity index (χ1v) is 5.76. The molecular weight excluding hydrogens is 250 g/mol. The number of oxime groups is 1. The van der Waals surface area contributed by atoms with Gasteiger partial charge in [0.05, 0.1) is 13.3 Å². The molecule has 0 radical (unpaired) electrons. The Hall–Kier alpha value is -2.00. The van der Waals surface area contributed by atoms with Crippen LogP contribution in [0.1, 0.15) is 5.56 Å². The second kappa shape index (κ2) is 6.07. The largest absolute Gasteiger partial charge is 0.497 e. The van der Waals surface area contributed by atoms with Crippen molar-refractivity contribution in [3.05, 3.63) is 59.1 Å².